The number of hydrogen-bond acceptors (Lipinski definition) is 2. The number of aromatic hydroxyl groups is 1. The molecule has 0 spiro atoms. The lowest BCUT2D eigenvalue weighted by Gasteiger charge is -2.04. The molecule has 0 aliphatic rings. The van der Waals surface area contributed by atoms with E-state index in [1.807, 2.05) is 0 Å². The fourth-order valence-corrected chi connectivity index (χ4v) is 0.856. The molecule has 0 heterocycles. The summed E-state index contributed by atoms with van der Waals surface area (Å²) in [6, 6.07) is 6.05. The molecule has 1 aromatic carbocycles. The van der Waals surface area contributed by atoms with Crippen molar-refractivity contribution in [3.8, 4) is 5.75 Å². The summed E-state index contributed by atoms with van der Waals surface area (Å²) in [6.45, 7) is -0.0521. The molecule has 3 heteroatoms. The zero-order valence-electron chi connectivity index (χ0n) is 6.00. The number of benzene rings is 1. The Bertz CT molecular complexity index is 239. The molecule has 0 aliphatic heterocycles. The SMILES string of the molecule is NCC(F)c1cccc(O)c1. The van der Waals surface area contributed by atoms with Crippen molar-refractivity contribution in [3.63, 3.8) is 0 Å². The van der Waals surface area contributed by atoms with Crippen molar-refractivity contribution >= 4 is 0 Å². The van der Waals surface area contributed by atoms with Crippen LogP contribution in [0.2, 0.25) is 0 Å². The third kappa shape index (κ3) is 1.91. The van der Waals surface area contributed by atoms with E-state index in [9.17, 15) is 4.39 Å². The number of rotatable bonds is 2. The van der Waals surface area contributed by atoms with E-state index in [2.05, 4.69) is 0 Å². The Labute approximate surface area is 64.5 Å². The molecule has 0 aromatic heterocycles. The third-order valence-corrected chi connectivity index (χ3v) is 1.44. The molecule has 0 bridgehead atoms. The van der Waals surface area contributed by atoms with Crippen LogP contribution in [0.1, 0.15) is 11.7 Å². The van der Waals surface area contributed by atoms with Crippen LogP contribution in [-0.4, -0.2) is 11.7 Å². The van der Waals surface area contributed by atoms with Gasteiger partial charge in [-0.05, 0) is 17.7 Å². The van der Waals surface area contributed by atoms with Crippen LogP contribution < -0.4 is 5.73 Å². The van der Waals surface area contributed by atoms with E-state index in [-0.39, 0.29) is 12.3 Å². The van der Waals surface area contributed by atoms with Gasteiger partial charge in [0.15, 0.2) is 0 Å². The van der Waals surface area contributed by atoms with Gasteiger partial charge in [0.2, 0.25) is 0 Å². The van der Waals surface area contributed by atoms with Crippen molar-refractivity contribution in [1.29, 1.82) is 0 Å². The Morgan fingerprint density at radius 1 is 1.55 bits per heavy atom. The maximum atomic E-state index is 12.8. The summed E-state index contributed by atoms with van der Waals surface area (Å²) >= 11 is 0. The van der Waals surface area contributed by atoms with E-state index >= 15 is 0 Å². The second-order valence-corrected chi connectivity index (χ2v) is 2.30. The largest absolute Gasteiger partial charge is 0.508 e. The fourth-order valence-electron chi connectivity index (χ4n) is 0.856. The van der Waals surface area contributed by atoms with Gasteiger partial charge in [-0.1, -0.05) is 12.1 Å². The van der Waals surface area contributed by atoms with E-state index in [1.165, 1.54) is 12.1 Å². The zero-order valence-corrected chi connectivity index (χ0v) is 6.00. The summed E-state index contributed by atoms with van der Waals surface area (Å²) in [6.07, 6.45) is -1.18. The molecule has 0 aliphatic carbocycles. The van der Waals surface area contributed by atoms with Crippen LogP contribution in [0.15, 0.2) is 24.3 Å². The van der Waals surface area contributed by atoms with Crippen LogP contribution in [0.5, 0.6) is 5.75 Å². The normalized spacial score (nSPS) is 12.9. The summed E-state index contributed by atoms with van der Waals surface area (Å²) in [5, 5.41) is 8.95. The first-order valence-electron chi connectivity index (χ1n) is 3.37. The third-order valence-electron chi connectivity index (χ3n) is 1.44. The number of halogens is 1. The molecule has 1 unspecified atom stereocenters. The van der Waals surface area contributed by atoms with E-state index in [0.29, 0.717) is 5.56 Å². The van der Waals surface area contributed by atoms with Crippen molar-refractivity contribution in [2.75, 3.05) is 6.54 Å². The van der Waals surface area contributed by atoms with Crippen LogP contribution in [0.3, 0.4) is 0 Å². The Morgan fingerprint density at radius 3 is 2.82 bits per heavy atom. The quantitative estimate of drug-likeness (QED) is 0.677. The highest BCUT2D eigenvalue weighted by molar-refractivity contribution is 5.28. The molecule has 0 fully saturated rings. The Kier molecular flexibility index (Phi) is 2.44. The van der Waals surface area contributed by atoms with Crippen LogP contribution in [0.25, 0.3) is 0 Å². The average molecular weight is 155 g/mol. The van der Waals surface area contributed by atoms with Crippen molar-refractivity contribution in [3.05, 3.63) is 29.8 Å². The van der Waals surface area contributed by atoms with Crippen LogP contribution in [0.4, 0.5) is 4.39 Å². The van der Waals surface area contributed by atoms with Gasteiger partial charge in [0.1, 0.15) is 11.9 Å². The lowest BCUT2D eigenvalue weighted by Crippen LogP contribution is -2.07. The van der Waals surface area contributed by atoms with Crippen LogP contribution in [0, 0.1) is 0 Å². The van der Waals surface area contributed by atoms with E-state index in [4.69, 9.17) is 10.8 Å². The van der Waals surface area contributed by atoms with Crippen LogP contribution in [-0.2, 0) is 0 Å². The lowest BCUT2D eigenvalue weighted by molar-refractivity contribution is 0.351. The highest BCUT2D eigenvalue weighted by Crippen LogP contribution is 2.19. The minimum atomic E-state index is -1.18. The first-order chi connectivity index (χ1) is 5.24. The first kappa shape index (κ1) is 8.01. The summed E-state index contributed by atoms with van der Waals surface area (Å²) in [5.74, 6) is 0.0681. The number of nitrogens with two attached hydrogens (primary N) is 1. The summed E-state index contributed by atoms with van der Waals surface area (Å²) in [4.78, 5) is 0. The van der Waals surface area contributed by atoms with Gasteiger partial charge in [-0.15, -0.1) is 0 Å². The van der Waals surface area contributed by atoms with E-state index in [1.54, 1.807) is 12.1 Å². The van der Waals surface area contributed by atoms with Gasteiger partial charge in [-0.3, -0.25) is 0 Å². The maximum absolute atomic E-state index is 12.8. The molecule has 0 amide bonds. The number of phenolic OH excluding ortho intramolecular Hbond substituents is 1. The second kappa shape index (κ2) is 3.34. The van der Waals surface area contributed by atoms with Gasteiger partial charge in [0.05, 0.1) is 0 Å². The zero-order chi connectivity index (χ0) is 8.27. The minimum absolute atomic E-state index is 0.0521. The van der Waals surface area contributed by atoms with Crippen LogP contribution >= 0.6 is 0 Å². The standard InChI is InChI=1S/C8H10FNO/c9-8(5-10)6-2-1-3-7(11)4-6/h1-4,8,11H,5,10H2. The number of hydrogen-bond donors (Lipinski definition) is 2. The Hall–Kier alpha value is -1.09. The molecule has 1 rings (SSSR count). The number of alkyl halides is 1. The van der Waals surface area contributed by atoms with Gasteiger partial charge in [-0.2, -0.15) is 0 Å². The summed E-state index contributed by atoms with van der Waals surface area (Å²) in [5.41, 5.74) is 5.52. The first-order valence-corrected chi connectivity index (χ1v) is 3.37. The smallest absolute Gasteiger partial charge is 0.137 e. The molecule has 1 aromatic rings. The molecule has 60 valence electrons. The van der Waals surface area contributed by atoms with E-state index < -0.39 is 6.17 Å². The van der Waals surface area contributed by atoms with Gasteiger partial charge in [0.25, 0.3) is 0 Å². The molecule has 0 saturated heterocycles. The minimum Gasteiger partial charge on any atom is -0.508 e. The van der Waals surface area contributed by atoms with Crippen molar-refractivity contribution in [2.45, 2.75) is 6.17 Å². The molecule has 1 atom stereocenters. The molecule has 2 nitrogen and oxygen atoms in total. The molecule has 11 heavy (non-hydrogen) atoms. The van der Waals surface area contributed by atoms with Gasteiger partial charge < -0.3 is 10.8 Å². The number of phenols is 1. The predicted octanol–water partition coefficient (Wildman–Crippen LogP) is 1.36. The van der Waals surface area contributed by atoms with Gasteiger partial charge in [0, 0.05) is 6.54 Å². The van der Waals surface area contributed by atoms with Crippen molar-refractivity contribution < 1.29 is 9.50 Å². The molecular formula is C8H10FNO. The summed E-state index contributed by atoms with van der Waals surface area (Å²) < 4.78 is 12.8. The highest BCUT2D eigenvalue weighted by atomic mass is 19.1. The second-order valence-electron chi connectivity index (χ2n) is 2.30. The highest BCUT2D eigenvalue weighted by Gasteiger charge is 2.06. The fraction of sp³-hybridized carbons (Fsp3) is 0.250. The van der Waals surface area contributed by atoms with E-state index in [0.717, 1.165) is 0 Å². The Morgan fingerprint density at radius 2 is 2.27 bits per heavy atom. The molecular weight excluding hydrogens is 145 g/mol. The Balaban J connectivity index is 2.86. The predicted molar refractivity (Wildman–Crippen MR) is 41.0 cm³/mol. The maximum Gasteiger partial charge on any atom is 0.137 e. The van der Waals surface area contributed by atoms with Gasteiger partial charge >= 0.3 is 0 Å². The van der Waals surface area contributed by atoms with Crippen molar-refractivity contribution in [2.24, 2.45) is 5.73 Å². The topological polar surface area (TPSA) is 46.2 Å². The monoisotopic (exact) mass is 155 g/mol. The molecule has 0 saturated carbocycles. The average Bonchev–Trinajstić information content (AvgIpc) is 2.03. The lowest BCUT2D eigenvalue weighted by atomic mass is 10.1. The molecule has 0 radical (unpaired) electrons. The molecule has 3 N–H and O–H groups in total. The van der Waals surface area contributed by atoms with Crippen molar-refractivity contribution in [1.82, 2.24) is 0 Å². The summed E-state index contributed by atoms with van der Waals surface area (Å²) in [7, 11) is 0. The van der Waals surface area contributed by atoms with Gasteiger partial charge in [-0.25, -0.2) is 4.39 Å².